The summed E-state index contributed by atoms with van der Waals surface area (Å²) in [6, 6.07) is 17.7. The molecule has 2 aromatic carbocycles. The minimum Gasteiger partial charge on any atom is -0.399 e. The van der Waals surface area contributed by atoms with Crippen LogP contribution in [-0.4, -0.2) is 41.9 Å². The SMILES string of the molecule is Nc1ccc(CCNC(=O)C(c2ccccc2)N2CCSCC2)cc1. The van der Waals surface area contributed by atoms with E-state index in [0.29, 0.717) is 6.54 Å². The lowest BCUT2D eigenvalue weighted by molar-refractivity contribution is -0.126. The lowest BCUT2D eigenvalue weighted by atomic mass is 10.0. The number of nitrogens with two attached hydrogens (primary N) is 1. The molecule has 0 saturated carbocycles. The zero-order valence-corrected chi connectivity index (χ0v) is 15.2. The molecular weight excluding hydrogens is 330 g/mol. The average Bonchev–Trinajstić information content (AvgIpc) is 2.65. The Morgan fingerprint density at radius 2 is 1.76 bits per heavy atom. The second-order valence-corrected chi connectivity index (χ2v) is 7.47. The van der Waals surface area contributed by atoms with E-state index in [2.05, 4.69) is 10.2 Å². The second kappa shape index (κ2) is 8.92. The van der Waals surface area contributed by atoms with Crippen molar-refractivity contribution in [1.82, 2.24) is 10.2 Å². The lowest BCUT2D eigenvalue weighted by Crippen LogP contribution is -2.44. The fourth-order valence-corrected chi connectivity index (χ4v) is 4.04. The molecule has 5 heteroatoms. The Labute approximate surface area is 153 Å². The summed E-state index contributed by atoms with van der Waals surface area (Å²) >= 11 is 1.96. The number of nitrogens with zero attached hydrogens (tertiary/aromatic N) is 1. The summed E-state index contributed by atoms with van der Waals surface area (Å²) in [6.07, 6.45) is 0.809. The third-order valence-corrected chi connectivity index (χ3v) is 5.41. The predicted octanol–water partition coefficient (Wildman–Crippen LogP) is 2.72. The lowest BCUT2D eigenvalue weighted by Gasteiger charge is -2.33. The minimum absolute atomic E-state index is 0.0912. The monoisotopic (exact) mass is 355 g/mol. The smallest absolute Gasteiger partial charge is 0.241 e. The van der Waals surface area contributed by atoms with Crippen LogP contribution in [0.1, 0.15) is 17.2 Å². The highest BCUT2D eigenvalue weighted by Gasteiger charge is 2.28. The maximum atomic E-state index is 12.9. The van der Waals surface area contributed by atoms with Gasteiger partial charge in [-0.15, -0.1) is 0 Å². The van der Waals surface area contributed by atoms with Crippen molar-refractivity contribution >= 4 is 23.4 Å². The number of hydrogen-bond acceptors (Lipinski definition) is 4. The molecule has 2 aromatic rings. The molecule has 3 N–H and O–H groups in total. The van der Waals surface area contributed by atoms with Crippen molar-refractivity contribution in [3.05, 3.63) is 65.7 Å². The molecule has 1 saturated heterocycles. The van der Waals surface area contributed by atoms with E-state index in [0.717, 1.165) is 42.3 Å². The highest BCUT2D eigenvalue weighted by Crippen LogP contribution is 2.24. The Morgan fingerprint density at radius 3 is 2.44 bits per heavy atom. The highest BCUT2D eigenvalue weighted by atomic mass is 32.2. The van der Waals surface area contributed by atoms with Crippen LogP contribution < -0.4 is 11.1 Å². The van der Waals surface area contributed by atoms with Crippen LogP contribution in [0.4, 0.5) is 5.69 Å². The number of anilines is 1. The summed E-state index contributed by atoms with van der Waals surface area (Å²) in [5.41, 5.74) is 8.73. The van der Waals surface area contributed by atoms with Gasteiger partial charge in [0, 0.05) is 36.8 Å². The molecule has 0 spiro atoms. The van der Waals surface area contributed by atoms with Crippen LogP contribution in [0.5, 0.6) is 0 Å². The molecule has 1 atom stereocenters. The molecule has 132 valence electrons. The van der Waals surface area contributed by atoms with Crippen LogP contribution in [0.3, 0.4) is 0 Å². The number of nitrogens with one attached hydrogen (secondary N) is 1. The van der Waals surface area contributed by atoms with E-state index in [1.807, 2.05) is 66.4 Å². The van der Waals surface area contributed by atoms with Gasteiger partial charge in [0.15, 0.2) is 0 Å². The van der Waals surface area contributed by atoms with Gasteiger partial charge in [-0.25, -0.2) is 0 Å². The molecule has 1 heterocycles. The van der Waals surface area contributed by atoms with Gasteiger partial charge in [-0.1, -0.05) is 42.5 Å². The molecule has 3 rings (SSSR count). The molecule has 0 bridgehead atoms. The number of carbonyl (C=O) groups excluding carboxylic acids is 1. The topological polar surface area (TPSA) is 58.4 Å². The predicted molar refractivity (Wildman–Crippen MR) is 106 cm³/mol. The van der Waals surface area contributed by atoms with E-state index in [1.54, 1.807) is 0 Å². The van der Waals surface area contributed by atoms with Crippen molar-refractivity contribution < 1.29 is 4.79 Å². The molecular formula is C20H25N3OS. The summed E-state index contributed by atoms with van der Waals surface area (Å²) < 4.78 is 0. The number of benzene rings is 2. The first-order valence-corrected chi connectivity index (χ1v) is 9.88. The van der Waals surface area contributed by atoms with Crippen LogP contribution in [0.2, 0.25) is 0 Å². The Kier molecular flexibility index (Phi) is 6.36. The van der Waals surface area contributed by atoms with Crippen LogP contribution in [0.25, 0.3) is 0 Å². The molecule has 25 heavy (non-hydrogen) atoms. The van der Waals surface area contributed by atoms with Gasteiger partial charge < -0.3 is 11.1 Å². The minimum atomic E-state index is -0.200. The van der Waals surface area contributed by atoms with Gasteiger partial charge in [0.1, 0.15) is 6.04 Å². The van der Waals surface area contributed by atoms with Crippen molar-refractivity contribution in [2.45, 2.75) is 12.5 Å². The average molecular weight is 356 g/mol. The fraction of sp³-hybridized carbons (Fsp3) is 0.350. The van der Waals surface area contributed by atoms with Gasteiger partial charge in [0.2, 0.25) is 5.91 Å². The fourth-order valence-electron chi connectivity index (χ4n) is 3.11. The first kappa shape index (κ1) is 17.8. The van der Waals surface area contributed by atoms with E-state index in [9.17, 15) is 4.79 Å². The first-order valence-electron chi connectivity index (χ1n) is 8.73. The normalized spacial score (nSPS) is 16.3. The number of amides is 1. The van der Waals surface area contributed by atoms with Crippen molar-refractivity contribution in [2.75, 3.05) is 36.9 Å². The molecule has 1 fully saturated rings. The van der Waals surface area contributed by atoms with E-state index >= 15 is 0 Å². The number of hydrogen-bond donors (Lipinski definition) is 2. The number of carbonyl (C=O) groups is 1. The van der Waals surface area contributed by atoms with Crippen LogP contribution in [-0.2, 0) is 11.2 Å². The van der Waals surface area contributed by atoms with Gasteiger partial charge in [0.25, 0.3) is 0 Å². The van der Waals surface area contributed by atoms with E-state index in [4.69, 9.17) is 5.73 Å². The second-order valence-electron chi connectivity index (χ2n) is 6.24. The van der Waals surface area contributed by atoms with Crippen molar-refractivity contribution in [3.8, 4) is 0 Å². The Hall–Kier alpha value is -1.98. The van der Waals surface area contributed by atoms with E-state index in [-0.39, 0.29) is 11.9 Å². The maximum Gasteiger partial charge on any atom is 0.241 e. The third-order valence-electron chi connectivity index (χ3n) is 4.47. The van der Waals surface area contributed by atoms with Gasteiger partial charge in [-0.05, 0) is 29.7 Å². The maximum absolute atomic E-state index is 12.9. The quantitative estimate of drug-likeness (QED) is 0.782. The molecule has 1 amide bonds. The van der Waals surface area contributed by atoms with Gasteiger partial charge >= 0.3 is 0 Å². The van der Waals surface area contributed by atoms with Crippen molar-refractivity contribution in [2.24, 2.45) is 0 Å². The van der Waals surface area contributed by atoms with Crippen LogP contribution in [0.15, 0.2) is 54.6 Å². The zero-order valence-electron chi connectivity index (χ0n) is 14.4. The zero-order chi connectivity index (χ0) is 17.5. The number of rotatable bonds is 6. The van der Waals surface area contributed by atoms with E-state index in [1.165, 1.54) is 5.56 Å². The Morgan fingerprint density at radius 1 is 1.08 bits per heavy atom. The summed E-state index contributed by atoms with van der Waals surface area (Å²) in [6.45, 7) is 2.54. The van der Waals surface area contributed by atoms with Gasteiger partial charge in [-0.2, -0.15) is 11.8 Å². The molecule has 0 aliphatic carbocycles. The number of nitrogen functional groups attached to an aromatic ring is 1. The Balaban J connectivity index is 1.63. The molecule has 0 radical (unpaired) electrons. The largest absolute Gasteiger partial charge is 0.399 e. The van der Waals surface area contributed by atoms with Gasteiger partial charge in [0.05, 0.1) is 0 Å². The standard InChI is InChI=1S/C20H25N3OS/c21-18-8-6-16(7-9-18)10-11-22-20(24)19(17-4-2-1-3-5-17)23-12-14-25-15-13-23/h1-9,19H,10-15,21H2,(H,22,24). The third kappa shape index (κ3) is 5.00. The summed E-state index contributed by atoms with van der Waals surface area (Å²) in [5.74, 6) is 2.26. The molecule has 0 aromatic heterocycles. The summed E-state index contributed by atoms with van der Waals surface area (Å²) in [4.78, 5) is 15.2. The molecule has 4 nitrogen and oxygen atoms in total. The molecule has 1 aliphatic rings. The Bertz CT molecular complexity index is 669. The van der Waals surface area contributed by atoms with Crippen molar-refractivity contribution in [3.63, 3.8) is 0 Å². The van der Waals surface area contributed by atoms with Gasteiger partial charge in [-0.3, -0.25) is 9.69 Å². The molecule has 1 aliphatic heterocycles. The van der Waals surface area contributed by atoms with Crippen LogP contribution in [0, 0.1) is 0 Å². The van der Waals surface area contributed by atoms with E-state index < -0.39 is 0 Å². The van der Waals surface area contributed by atoms with Crippen molar-refractivity contribution in [1.29, 1.82) is 0 Å². The van der Waals surface area contributed by atoms with Crippen LogP contribution >= 0.6 is 11.8 Å². The number of thioether (sulfide) groups is 1. The first-order chi connectivity index (χ1) is 12.2. The molecule has 1 unspecified atom stereocenters. The summed E-state index contributed by atoms with van der Waals surface area (Å²) in [7, 11) is 0. The highest BCUT2D eigenvalue weighted by molar-refractivity contribution is 7.99. The summed E-state index contributed by atoms with van der Waals surface area (Å²) in [5, 5.41) is 3.12.